The van der Waals surface area contributed by atoms with Gasteiger partial charge in [-0.1, -0.05) is 29.8 Å². The molecule has 0 aliphatic heterocycles. The molecule has 0 spiro atoms. The highest BCUT2D eigenvalue weighted by Crippen LogP contribution is 2.31. The predicted octanol–water partition coefficient (Wildman–Crippen LogP) is 3.75. The molecule has 0 aliphatic carbocycles. The second-order valence-corrected chi connectivity index (χ2v) is 4.98. The standard InChI is InChI=1S/C12H12BrNO2/c1-6(2)10-8-5-7(13)3-4-9(8)14-11(10)12(15)16/h3-6,14H,1-2H3,(H,15,16). The summed E-state index contributed by atoms with van der Waals surface area (Å²) in [5, 5.41) is 10.1. The van der Waals surface area contributed by atoms with Gasteiger partial charge in [0.2, 0.25) is 0 Å². The van der Waals surface area contributed by atoms with Gasteiger partial charge in [0.15, 0.2) is 0 Å². The number of H-pyrrole nitrogens is 1. The van der Waals surface area contributed by atoms with Gasteiger partial charge in [0.1, 0.15) is 5.69 Å². The zero-order chi connectivity index (χ0) is 11.9. The van der Waals surface area contributed by atoms with Crippen molar-refractivity contribution in [2.45, 2.75) is 19.8 Å². The topological polar surface area (TPSA) is 53.1 Å². The fourth-order valence-corrected chi connectivity index (χ4v) is 2.31. The van der Waals surface area contributed by atoms with E-state index in [-0.39, 0.29) is 5.92 Å². The summed E-state index contributed by atoms with van der Waals surface area (Å²) in [6, 6.07) is 5.74. The van der Waals surface area contributed by atoms with E-state index in [0.29, 0.717) is 5.69 Å². The number of hydrogen-bond donors (Lipinski definition) is 2. The van der Waals surface area contributed by atoms with Gasteiger partial charge in [-0.05, 0) is 29.7 Å². The molecule has 0 fully saturated rings. The molecular formula is C12H12BrNO2. The zero-order valence-corrected chi connectivity index (χ0v) is 10.6. The monoisotopic (exact) mass is 281 g/mol. The first-order chi connectivity index (χ1) is 7.50. The van der Waals surface area contributed by atoms with Crippen molar-refractivity contribution in [3.8, 4) is 0 Å². The summed E-state index contributed by atoms with van der Waals surface area (Å²) >= 11 is 3.40. The number of carbonyl (C=O) groups is 1. The van der Waals surface area contributed by atoms with Crippen molar-refractivity contribution in [3.63, 3.8) is 0 Å². The van der Waals surface area contributed by atoms with Crippen LogP contribution in [0.15, 0.2) is 22.7 Å². The van der Waals surface area contributed by atoms with Crippen LogP contribution in [-0.2, 0) is 0 Å². The fourth-order valence-electron chi connectivity index (χ4n) is 1.95. The quantitative estimate of drug-likeness (QED) is 0.881. The maximum Gasteiger partial charge on any atom is 0.352 e. The molecule has 0 bridgehead atoms. The molecule has 0 aliphatic rings. The second-order valence-electron chi connectivity index (χ2n) is 4.06. The van der Waals surface area contributed by atoms with Crippen LogP contribution in [0.1, 0.15) is 35.8 Å². The molecule has 0 radical (unpaired) electrons. The van der Waals surface area contributed by atoms with Crippen molar-refractivity contribution < 1.29 is 9.90 Å². The summed E-state index contributed by atoms with van der Waals surface area (Å²) in [5.74, 6) is -0.731. The molecule has 2 aromatic rings. The first-order valence-electron chi connectivity index (χ1n) is 5.05. The summed E-state index contributed by atoms with van der Waals surface area (Å²) in [5.41, 5.74) is 2.02. The molecule has 0 atom stereocenters. The number of benzene rings is 1. The van der Waals surface area contributed by atoms with Crippen LogP contribution < -0.4 is 0 Å². The van der Waals surface area contributed by atoms with E-state index in [2.05, 4.69) is 20.9 Å². The molecule has 16 heavy (non-hydrogen) atoms. The van der Waals surface area contributed by atoms with Crippen LogP contribution in [0.3, 0.4) is 0 Å². The van der Waals surface area contributed by atoms with Gasteiger partial charge in [0.05, 0.1) is 0 Å². The molecule has 1 heterocycles. The van der Waals surface area contributed by atoms with Crippen molar-refractivity contribution in [3.05, 3.63) is 33.9 Å². The Hall–Kier alpha value is -1.29. The van der Waals surface area contributed by atoms with Crippen LogP contribution >= 0.6 is 15.9 Å². The van der Waals surface area contributed by atoms with E-state index in [0.717, 1.165) is 20.9 Å². The second kappa shape index (κ2) is 3.94. The largest absolute Gasteiger partial charge is 0.477 e. The fraction of sp³-hybridized carbons (Fsp3) is 0.250. The molecule has 2 rings (SSSR count). The third kappa shape index (κ3) is 1.73. The van der Waals surface area contributed by atoms with Gasteiger partial charge in [0.25, 0.3) is 0 Å². The van der Waals surface area contributed by atoms with E-state index in [4.69, 9.17) is 5.11 Å². The summed E-state index contributed by atoms with van der Waals surface area (Å²) in [6.07, 6.45) is 0. The summed E-state index contributed by atoms with van der Waals surface area (Å²) in [4.78, 5) is 14.1. The number of aromatic amines is 1. The molecule has 84 valence electrons. The van der Waals surface area contributed by atoms with Gasteiger partial charge in [-0.25, -0.2) is 4.79 Å². The minimum Gasteiger partial charge on any atom is -0.477 e. The number of halogens is 1. The van der Waals surface area contributed by atoms with Crippen molar-refractivity contribution in [2.75, 3.05) is 0 Å². The highest BCUT2D eigenvalue weighted by Gasteiger charge is 2.19. The van der Waals surface area contributed by atoms with Crippen molar-refractivity contribution >= 4 is 32.8 Å². The molecule has 0 amide bonds. The molecule has 1 aromatic heterocycles. The van der Waals surface area contributed by atoms with E-state index in [1.165, 1.54) is 0 Å². The summed E-state index contributed by atoms with van der Waals surface area (Å²) in [7, 11) is 0. The van der Waals surface area contributed by atoms with Gasteiger partial charge in [-0.15, -0.1) is 0 Å². The highest BCUT2D eigenvalue weighted by molar-refractivity contribution is 9.10. The van der Waals surface area contributed by atoms with Gasteiger partial charge in [0, 0.05) is 15.4 Å². The van der Waals surface area contributed by atoms with E-state index in [1.54, 1.807) is 0 Å². The highest BCUT2D eigenvalue weighted by atomic mass is 79.9. The van der Waals surface area contributed by atoms with Gasteiger partial charge in [-0.2, -0.15) is 0 Å². The Morgan fingerprint density at radius 1 is 1.44 bits per heavy atom. The van der Waals surface area contributed by atoms with Crippen LogP contribution in [-0.4, -0.2) is 16.1 Å². The Labute approximate surface area is 102 Å². The maximum atomic E-state index is 11.1. The third-order valence-corrected chi connectivity index (χ3v) is 3.09. The maximum absolute atomic E-state index is 11.1. The van der Waals surface area contributed by atoms with E-state index in [1.807, 2.05) is 32.0 Å². The Morgan fingerprint density at radius 2 is 2.12 bits per heavy atom. The Bertz CT molecular complexity index is 557. The Morgan fingerprint density at radius 3 is 2.69 bits per heavy atom. The third-order valence-electron chi connectivity index (χ3n) is 2.59. The summed E-state index contributed by atoms with van der Waals surface area (Å²) in [6.45, 7) is 3.99. The van der Waals surface area contributed by atoms with Gasteiger partial charge < -0.3 is 10.1 Å². The number of aromatic nitrogens is 1. The van der Waals surface area contributed by atoms with Crippen LogP contribution in [0.5, 0.6) is 0 Å². The smallest absolute Gasteiger partial charge is 0.352 e. The van der Waals surface area contributed by atoms with E-state index in [9.17, 15) is 4.79 Å². The number of fused-ring (bicyclic) bond motifs is 1. The number of carboxylic acid groups (broad SMARTS) is 1. The first kappa shape index (κ1) is 11.2. The lowest BCUT2D eigenvalue weighted by atomic mass is 9.99. The molecule has 0 unspecified atom stereocenters. The first-order valence-corrected chi connectivity index (χ1v) is 5.84. The number of nitrogens with one attached hydrogen (secondary N) is 1. The van der Waals surface area contributed by atoms with Gasteiger partial charge in [-0.3, -0.25) is 0 Å². The average Bonchev–Trinajstić information content (AvgIpc) is 2.55. The zero-order valence-electron chi connectivity index (χ0n) is 9.04. The van der Waals surface area contributed by atoms with Gasteiger partial charge >= 0.3 is 5.97 Å². The van der Waals surface area contributed by atoms with Crippen molar-refractivity contribution in [2.24, 2.45) is 0 Å². The lowest BCUT2D eigenvalue weighted by Crippen LogP contribution is -2.02. The molecule has 3 nitrogen and oxygen atoms in total. The minimum atomic E-state index is -0.906. The van der Waals surface area contributed by atoms with Crippen LogP contribution in [0, 0.1) is 0 Å². The van der Waals surface area contributed by atoms with Crippen LogP contribution in [0.4, 0.5) is 0 Å². The number of rotatable bonds is 2. The SMILES string of the molecule is CC(C)c1c(C(=O)O)[nH]c2ccc(Br)cc12. The number of carboxylic acids is 1. The number of hydrogen-bond acceptors (Lipinski definition) is 1. The summed E-state index contributed by atoms with van der Waals surface area (Å²) < 4.78 is 0.956. The lowest BCUT2D eigenvalue weighted by Gasteiger charge is -2.05. The van der Waals surface area contributed by atoms with E-state index < -0.39 is 5.97 Å². The lowest BCUT2D eigenvalue weighted by molar-refractivity contribution is 0.0690. The number of aromatic carboxylic acids is 1. The van der Waals surface area contributed by atoms with Crippen molar-refractivity contribution in [1.29, 1.82) is 0 Å². The Balaban J connectivity index is 2.82. The molecule has 0 saturated carbocycles. The molecule has 4 heteroatoms. The average molecular weight is 282 g/mol. The van der Waals surface area contributed by atoms with E-state index >= 15 is 0 Å². The van der Waals surface area contributed by atoms with Crippen LogP contribution in [0.2, 0.25) is 0 Å². The molecule has 1 aromatic carbocycles. The molecule has 0 saturated heterocycles. The van der Waals surface area contributed by atoms with Crippen molar-refractivity contribution in [1.82, 2.24) is 4.98 Å². The van der Waals surface area contributed by atoms with Crippen LogP contribution in [0.25, 0.3) is 10.9 Å². The molecular weight excluding hydrogens is 270 g/mol. The predicted molar refractivity (Wildman–Crippen MR) is 67.0 cm³/mol. The normalized spacial score (nSPS) is 11.2. The minimum absolute atomic E-state index is 0.175. The Kier molecular flexibility index (Phi) is 2.76. The molecule has 2 N–H and O–H groups in total.